The molecule has 22 heavy (non-hydrogen) atoms. The number of carbonyl (C=O) groups is 2. The molecule has 1 aromatic rings. The fourth-order valence-corrected chi connectivity index (χ4v) is 2.02. The lowest BCUT2D eigenvalue weighted by molar-refractivity contribution is 0.0636. The van der Waals surface area contributed by atoms with E-state index in [2.05, 4.69) is 5.32 Å². The second-order valence-corrected chi connectivity index (χ2v) is 5.83. The van der Waals surface area contributed by atoms with Crippen LogP contribution in [0.2, 0.25) is 0 Å². The Kier molecular flexibility index (Phi) is 5.79. The molecule has 0 radical (unpaired) electrons. The van der Waals surface area contributed by atoms with Crippen LogP contribution in [-0.4, -0.2) is 35.9 Å². The molecule has 0 saturated heterocycles. The third-order valence-corrected chi connectivity index (χ3v) is 3.00. The van der Waals surface area contributed by atoms with E-state index in [1.54, 1.807) is 39.0 Å². The van der Waals surface area contributed by atoms with Crippen molar-refractivity contribution in [2.75, 3.05) is 23.3 Å². The van der Waals surface area contributed by atoms with Crippen LogP contribution in [0.4, 0.5) is 16.2 Å². The van der Waals surface area contributed by atoms with E-state index in [4.69, 9.17) is 4.74 Å². The Labute approximate surface area is 131 Å². The molecule has 2 N–H and O–H groups in total. The number of aromatic carboxylic acids is 1. The van der Waals surface area contributed by atoms with Gasteiger partial charge in [-0.2, -0.15) is 0 Å². The summed E-state index contributed by atoms with van der Waals surface area (Å²) >= 11 is 0. The number of ether oxygens (including phenoxy) is 1. The molecule has 0 unspecified atom stereocenters. The third kappa shape index (κ3) is 4.95. The average Bonchev–Trinajstić information content (AvgIpc) is 2.39. The minimum absolute atomic E-state index is 0.0373. The van der Waals surface area contributed by atoms with Crippen LogP contribution in [0.3, 0.4) is 0 Å². The van der Waals surface area contributed by atoms with Gasteiger partial charge in [0.05, 0.1) is 11.3 Å². The number of carboxylic acids is 1. The van der Waals surface area contributed by atoms with Crippen molar-refractivity contribution < 1.29 is 19.4 Å². The maximum Gasteiger partial charge on any atom is 0.412 e. The first-order valence-corrected chi connectivity index (χ1v) is 7.30. The molecule has 6 heteroatoms. The number of amides is 1. The Balaban J connectivity index is 3.05. The van der Waals surface area contributed by atoms with E-state index < -0.39 is 17.7 Å². The molecule has 0 fully saturated rings. The van der Waals surface area contributed by atoms with Crippen molar-refractivity contribution in [2.24, 2.45) is 0 Å². The quantitative estimate of drug-likeness (QED) is 0.869. The van der Waals surface area contributed by atoms with Gasteiger partial charge in [0.2, 0.25) is 0 Å². The fraction of sp³-hybridized carbons (Fsp3) is 0.500. The molecule has 1 aromatic carbocycles. The molecule has 0 heterocycles. The van der Waals surface area contributed by atoms with Crippen LogP contribution in [0.1, 0.15) is 45.0 Å². The Morgan fingerprint density at radius 2 is 1.82 bits per heavy atom. The summed E-state index contributed by atoms with van der Waals surface area (Å²) in [5.41, 5.74) is 0.416. The van der Waals surface area contributed by atoms with Crippen molar-refractivity contribution in [3.63, 3.8) is 0 Å². The van der Waals surface area contributed by atoms with Gasteiger partial charge in [0.15, 0.2) is 0 Å². The number of hydrogen-bond acceptors (Lipinski definition) is 4. The van der Waals surface area contributed by atoms with Crippen LogP contribution in [0, 0.1) is 0 Å². The molecule has 0 saturated carbocycles. The van der Waals surface area contributed by atoms with Gasteiger partial charge < -0.3 is 14.7 Å². The van der Waals surface area contributed by atoms with Gasteiger partial charge in [0, 0.05) is 18.8 Å². The van der Waals surface area contributed by atoms with Gasteiger partial charge in [-0.3, -0.25) is 5.32 Å². The molecule has 0 aliphatic heterocycles. The molecule has 0 aliphatic rings. The first-order valence-electron chi connectivity index (χ1n) is 7.30. The van der Waals surface area contributed by atoms with E-state index in [1.165, 1.54) is 0 Å². The predicted octanol–water partition coefficient (Wildman–Crippen LogP) is 3.58. The summed E-state index contributed by atoms with van der Waals surface area (Å²) < 4.78 is 5.14. The molecular formula is C16H24N2O4. The summed E-state index contributed by atoms with van der Waals surface area (Å²) in [5, 5.41) is 11.8. The maximum absolute atomic E-state index is 11.8. The summed E-state index contributed by atoms with van der Waals surface area (Å²) in [6, 6.07) is 4.93. The second kappa shape index (κ2) is 7.15. The van der Waals surface area contributed by atoms with E-state index in [0.29, 0.717) is 0 Å². The summed E-state index contributed by atoms with van der Waals surface area (Å²) in [5.74, 6) is -1.10. The van der Waals surface area contributed by atoms with Gasteiger partial charge in [0.25, 0.3) is 0 Å². The van der Waals surface area contributed by atoms with Gasteiger partial charge in [-0.25, -0.2) is 9.59 Å². The smallest absolute Gasteiger partial charge is 0.412 e. The standard InChI is InChI=1S/C16H24N2O4/c1-6-18(7-2)11-8-9-13(12(10-11)14(19)20)17-15(21)22-16(3,4)5/h8-10H,6-7H2,1-5H3,(H,17,21)(H,19,20). The SMILES string of the molecule is CCN(CC)c1ccc(NC(=O)OC(C)(C)C)c(C(=O)O)c1. The van der Waals surface area contributed by atoms with Crippen LogP contribution in [0.25, 0.3) is 0 Å². The molecule has 0 atom stereocenters. The highest BCUT2D eigenvalue weighted by molar-refractivity contribution is 5.99. The van der Waals surface area contributed by atoms with Crippen molar-refractivity contribution >= 4 is 23.4 Å². The lowest BCUT2D eigenvalue weighted by Gasteiger charge is -2.23. The van der Waals surface area contributed by atoms with Crippen LogP contribution >= 0.6 is 0 Å². The number of anilines is 2. The zero-order valence-corrected chi connectivity index (χ0v) is 13.8. The maximum atomic E-state index is 11.8. The number of hydrogen-bond donors (Lipinski definition) is 2. The zero-order valence-electron chi connectivity index (χ0n) is 13.8. The molecule has 122 valence electrons. The van der Waals surface area contributed by atoms with Gasteiger partial charge in [-0.05, 0) is 52.8 Å². The average molecular weight is 308 g/mol. The number of carbonyl (C=O) groups excluding carboxylic acids is 1. The monoisotopic (exact) mass is 308 g/mol. The van der Waals surface area contributed by atoms with Crippen LogP contribution in [-0.2, 0) is 4.74 Å². The van der Waals surface area contributed by atoms with Crippen LogP contribution in [0.5, 0.6) is 0 Å². The second-order valence-electron chi connectivity index (χ2n) is 5.83. The van der Waals surface area contributed by atoms with E-state index in [-0.39, 0.29) is 11.3 Å². The van der Waals surface area contributed by atoms with E-state index in [9.17, 15) is 14.7 Å². The predicted molar refractivity (Wildman–Crippen MR) is 86.8 cm³/mol. The van der Waals surface area contributed by atoms with Gasteiger partial charge in [-0.1, -0.05) is 0 Å². The number of benzene rings is 1. The number of nitrogens with zero attached hydrogens (tertiary/aromatic N) is 1. The van der Waals surface area contributed by atoms with Crippen molar-refractivity contribution in [1.29, 1.82) is 0 Å². The van der Waals surface area contributed by atoms with Gasteiger partial charge in [-0.15, -0.1) is 0 Å². The lowest BCUT2D eigenvalue weighted by atomic mass is 10.1. The Bertz CT molecular complexity index is 546. The molecule has 6 nitrogen and oxygen atoms in total. The van der Waals surface area contributed by atoms with E-state index in [0.717, 1.165) is 18.8 Å². The molecule has 0 aliphatic carbocycles. The highest BCUT2D eigenvalue weighted by atomic mass is 16.6. The molecule has 0 bridgehead atoms. The topological polar surface area (TPSA) is 78.9 Å². The lowest BCUT2D eigenvalue weighted by Crippen LogP contribution is -2.28. The van der Waals surface area contributed by atoms with Crippen molar-refractivity contribution in [3.05, 3.63) is 23.8 Å². The largest absolute Gasteiger partial charge is 0.478 e. The first-order chi connectivity index (χ1) is 10.2. The normalized spacial score (nSPS) is 11.0. The summed E-state index contributed by atoms with van der Waals surface area (Å²) in [6.07, 6.45) is -0.675. The van der Waals surface area contributed by atoms with Crippen molar-refractivity contribution in [2.45, 2.75) is 40.2 Å². The first kappa shape index (κ1) is 17.8. The minimum atomic E-state index is -1.10. The van der Waals surface area contributed by atoms with Crippen molar-refractivity contribution in [1.82, 2.24) is 0 Å². The minimum Gasteiger partial charge on any atom is -0.478 e. The summed E-state index contributed by atoms with van der Waals surface area (Å²) in [6.45, 7) is 10.8. The Morgan fingerprint density at radius 3 is 2.27 bits per heavy atom. The Hall–Kier alpha value is -2.24. The van der Waals surface area contributed by atoms with E-state index in [1.807, 2.05) is 18.7 Å². The molecular weight excluding hydrogens is 284 g/mol. The highest BCUT2D eigenvalue weighted by Crippen LogP contribution is 2.24. The highest BCUT2D eigenvalue weighted by Gasteiger charge is 2.19. The summed E-state index contributed by atoms with van der Waals surface area (Å²) in [4.78, 5) is 25.3. The van der Waals surface area contributed by atoms with Crippen molar-refractivity contribution in [3.8, 4) is 0 Å². The zero-order chi connectivity index (χ0) is 16.9. The van der Waals surface area contributed by atoms with Gasteiger partial charge in [0.1, 0.15) is 5.60 Å². The number of rotatable bonds is 5. The number of nitrogens with one attached hydrogen (secondary N) is 1. The van der Waals surface area contributed by atoms with Crippen LogP contribution in [0.15, 0.2) is 18.2 Å². The fourth-order valence-electron chi connectivity index (χ4n) is 2.02. The summed E-state index contributed by atoms with van der Waals surface area (Å²) in [7, 11) is 0. The van der Waals surface area contributed by atoms with Crippen LogP contribution < -0.4 is 10.2 Å². The van der Waals surface area contributed by atoms with E-state index >= 15 is 0 Å². The molecule has 0 spiro atoms. The molecule has 1 amide bonds. The number of carboxylic acid groups (broad SMARTS) is 1. The van der Waals surface area contributed by atoms with Gasteiger partial charge >= 0.3 is 12.1 Å². The molecule has 0 aromatic heterocycles. The Morgan fingerprint density at radius 1 is 1.23 bits per heavy atom. The third-order valence-electron chi connectivity index (χ3n) is 3.00. The molecule has 1 rings (SSSR count).